The van der Waals surface area contributed by atoms with Gasteiger partial charge in [0, 0.05) is 30.7 Å². The number of amides is 3. The molecule has 0 atom stereocenters. The Labute approximate surface area is 161 Å². The summed E-state index contributed by atoms with van der Waals surface area (Å²) in [4.78, 5) is 35.5. The highest BCUT2D eigenvalue weighted by Gasteiger charge is 2.19. The minimum absolute atomic E-state index is 0.241. The highest BCUT2D eigenvalue weighted by Crippen LogP contribution is 2.21. The Hall–Kier alpha value is -3.20. The number of rotatable bonds is 7. The summed E-state index contributed by atoms with van der Waals surface area (Å²) in [6, 6.07) is 6.77. The summed E-state index contributed by atoms with van der Waals surface area (Å²) in [6.07, 6.45) is 0. The molecule has 28 heavy (non-hydrogen) atoms. The van der Waals surface area contributed by atoms with Gasteiger partial charge in [-0.1, -0.05) is 0 Å². The molecule has 2 rings (SSSR count). The van der Waals surface area contributed by atoms with Gasteiger partial charge in [-0.15, -0.1) is 0 Å². The Bertz CT molecular complexity index is 861. The van der Waals surface area contributed by atoms with Crippen molar-refractivity contribution >= 4 is 17.9 Å². The molecule has 8 nitrogen and oxygen atoms in total. The third kappa shape index (κ3) is 5.40. The number of carbonyl (C=O) groups is 3. The van der Waals surface area contributed by atoms with E-state index < -0.39 is 24.5 Å². The van der Waals surface area contributed by atoms with E-state index in [1.807, 2.05) is 5.32 Å². The average Bonchev–Trinajstić information content (AvgIpc) is 2.95. The van der Waals surface area contributed by atoms with Crippen LogP contribution in [0.15, 0.2) is 30.3 Å². The fraction of sp³-hybridized carbons (Fsp3) is 0.316. The number of ether oxygens (including phenoxy) is 2. The van der Waals surface area contributed by atoms with Gasteiger partial charge in [0.05, 0.1) is 12.2 Å². The van der Waals surface area contributed by atoms with Crippen LogP contribution in [-0.4, -0.2) is 49.3 Å². The number of hydrogen-bond acceptors (Lipinski definition) is 5. The third-order valence-corrected chi connectivity index (χ3v) is 3.91. The van der Waals surface area contributed by atoms with Crippen LogP contribution < -0.4 is 10.6 Å². The van der Waals surface area contributed by atoms with Gasteiger partial charge < -0.3 is 19.4 Å². The van der Waals surface area contributed by atoms with Crippen LogP contribution >= 0.6 is 0 Å². The molecule has 0 saturated heterocycles. The maximum atomic E-state index is 13.1. The highest BCUT2D eigenvalue weighted by atomic mass is 19.1. The third-order valence-electron chi connectivity index (χ3n) is 3.91. The molecule has 0 saturated carbocycles. The van der Waals surface area contributed by atoms with Gasteiger partial charge in [0.2, 0.25) is 0 Å². The first kappa shape index (κ1) is 21.1. The van der Waals surface area contributed by atoms with Gasteiger partial charge in [0.25, 0.3) is 5.91 Å². The zero-order valence-corrected chi connectivity index (χ0v) is 15.9. The predicted molar refractivity (Wildman–Crippen MR) is 98.9 cm³/mol. The normalized spacial score (nSPS) is 10.4. The molecule has 1 heterocycles. The van der Waals surface area contributed by atoms with Crippen molar-refractivity contribution in [3.8, 4) is 5.69 Å². The minimum Gasteiger partial charge on any atom is -0.452 e. The number of carbonyl (C=O) groups excluding carboxylic acids is 3. The summed E-state index contributed by atoms with van der Waals surface area (Å²) in [5.74, 6) is -1.81. The summed E-state index contributed by atoms with van der Waals surface area (Å²) in [5.41, 5.74) is 2.31. The number of nitrogens with one attached hydrogen (secondary N) is 2. The minimum atomic E-state index is -0.754. The maximum absolute atomic E-state index is 13.1. The van der Waals surface area contributed by atoms with Crippen molar-refractivity contribution in [3.63, 3.8) is 0 Å². The SMILES string of the molecule is COCCNC(=O)NC(=O)COC(=O)c1cc(C)n(-c2ccc(F)cc2)c1C. The van der Waals surface area contributed by atoms with Crippen LogP contribution in [0.2, 0.25) is 0 Å². The molecule has 1 aromatic carbocycles. The molecule has 0 aliphatic heterocycles. The van der Waals surface area contributed by atoms with E-state index in [0.717, 1.165) is 5.69 Å². The van der Waals surface area contributed by atoms with Crippen LogP contribution in [-0.2, 0) is 14.3 Å². The van der Waals surface area contributed by atoms with Gasteiger partial charge in [-0.25, -0.2) is 14.0 Å². The van der Waals surface area contributed by atoms with E-state index >= 15 is 0 Å². The largest absolute Gasteiger partial charge is 0.452 e. The molecule has 2 N–H and O–H groups in total. The smallest absolute Gasteiger partial charge is 0.340 e. The fourth-order valence-electron chi connectivity index (χ4n) is 2.64. The van der Waals surface area contributed by atoms with Gasteiger partial charge in [-0.2, -0.15) is 0 Å². The van der Waals surface area contributed by atoms with E-state index in [1.165, 1.54) is 19.2 Å². The maximum Gasteiger partial charge on any atom is 0.340 e. The lowest BCUT2D eigenvalue weighted by molar-refractivity contribution is -0.123. The van der Waals surface area contributed by atoms with E-state index in [1.54, 1.807) is 36.6 Å². The summed E-state index contributed by atoms with van der Waals surface area (Å²) in [5, 5.41) is 4.45. The van der Waals surface area contributed by atoms with Crippen LogP contribution in [0.1, 0.15) is 21.7 Å². The lowest BCUT2D eigenvalue weighted by atomic mass is 10.2. The number of imide groups is 1. The number of benzene rings is 1. The number of esters is 1. The second kappa shape index (κ2) is 9.65. The molecule has 3 amide bonds. The molecule has 0 fully saturated rings. The van der Waals surface area contributed by atoms with E-state index in [4.69, 9.17) is 9.47 Å². The van der Waals surface area contributed by atoms with Gasteiger partial charge in [-0.3, -0.25) is 10.1 Å². The first-order valence-corrected chi connectivity index (χ1v) is 8.52. The van der Waals surface area contributed by atoms with E-state index in [9.17, 15) is 18.8 Å². The summed E-state index contributed by atoms with van der Waals surface area (Å²) < 4.78 is 24.7. The lowest BCUT2D eigenvalue weighted by Crippen LogP contribution is -2.42. The molecule has 150 valence electrons. The second-order valence-corrected chi connectivity index (χ2v) is 5.97. The van der Waals surface area contributed by atoms with E-state index in [2.05, 4.69) is 5.32 Å². The molecule has 2 aromatic rings. The molecule has 0 spiro atoms. The number of urea groups is 1. The van der Waals surface area contributed by atoms with Crippen molar-refractivity contribution < 1.29 is 28.2 Å². The van der Waals surface area contributed by atoms with Gasteiger partial charge in [0.1, 0.15) is 5.82 Å². The average molecular weight is 391 g/mol. The quantitative estimate of drug-likeness (QED) is 0.555. The standard InChI is InChI=1S/C19H22FN3O5/c1-12-10-16(13(2)23(12)15-6-4-14(20)5-7-15)18(25)28-11-17(24)22-19(26)21-8-9-27-3/h4-7,10H,8-9,11H2,1-3H3,(H2,21,22,24,26). The fourth-order valence-corrected chi connectivity index (χ4v) is 2.64. The van der Waals surface area contributed by atoms with Crippen LogP contribution in [0.4, 0.5) is 9.18 Å². The topological polar surface area (TPSA) is 98.7 Å². The molecule has 0 bridgehead atoms. The summed E-state index contributed by atoms with van der Waals surface area (Å²) in [6.45, 7) is 3.46. The molecule has 1 aromatic heterocycles. The Kier molecular flexibility index (Phi) is 7.28. The number of methoxy groups -OCH3 is 1. The van der Waals surface area contributed by atoms with Gasteiger partial charge in [0.15, 0.2) is 6.61 Å². The predicted octanol–water partition coefficient (Wildman–Crippen LogP) is 1.86. The zero-order valence-electron chi connectivity index (χ0n) is 15.9. The van der Waals surface area contributed by atoms with Crippen LogP contribution in [0.5, 0.6) is 0 Å². The lowest BCUT2D eigenvalue weighted by Gasteiger charge is -2.10. The number of halogens is 1. The van der Waals surface area contributed by atoms with Crippen molar-refractivity contribution in [2.45, 2.75) is 13.8 Å². The van der Waals surface area contributed by atoms with Crippen LogP contribution in [0.25, 0.3) is 5.69 Å². The first-order chi connectivity index (χ1) is 13.3. The molecule has 0 unspecified atom stereocenters. The molecule has 0 aliphatic carbocycles. The van der Waals surface area contributed by atoms with Crippen molar-refractivity contribution in [2.75, 3.05) is 26.9 Å². The van der Waals surface area contributed by atoms with Crippen LogP contribution in [0.3, 0.4) is 0 Å². The molecule has 0 aliphatic rings. The van der Waals surface area contributed by atoms with Crippen LogP contribution in [0, 0.1) is 19.7 Å². The van der Waals surface area contributed by atoms with Crippen molar-refractivity contribution in [3.05, 3.63) is 53.1 Å². The van der Waals surface area contributed by atoms with Crippen molar-refractivity contribution in [2.24, 2.45) is 0 Å². The monoisotopic (exact) mass is 391 g/mol. The van der Waals surface area contributed by atoms with Gasteiger partial charge in [-0.05, 0) is 44.2 Å². The summed E-state index contributed by atoms with van der Waals surface area (Å²) in [7, 11) is 1.48. The Morgan fingerprint density at radius 1 is 1.14 bits per heavy atom. The molecular weight excluding hydrogens is 369 g/mol. The molecule has 0 radical (unpaired) electrons. The number of nitrogens with zero attached hydrogens (tertiary/aromatic N) is 1. The second-order valence-electron chi connectivity index (χ2n) is 5.97. The Morgan fingerprint density at radius 2 is 1.82 bits per heavy atom. The Balaban J connectivity index is 1.98. The number of aromatic nitrogens is 1. The number of hydrogen-bond donors (Lipinski definition) is 2. The van der Waals surface area contributed by atoms with Gasteiger partial charge >= 0.3 is 12.0 Å². The van der Waals surface area contributed by atoms with E-state index in [0.29, 0.717) is 18.0 Å². The van der Waals surface area contributed by atoms with Crippen molar-refractivity contribution in [1.82, 2.24) is 15.2 Å². The molecule has 9 heteroatoms. The molecular formula is C19H22FN3O5. The number of aryl methyl sites for hydroxylation is 1. The highest BCUT2D eigenvalue weighted by molar-refractivity contribution is 5.97. The zero-order chi connectivity index (χ0) is 20.7. The summed E-state index contributed by atoms with van der Waals surface area (Å²) >= 11 is 0. The Morgan fingerprint density at radius 3 is 2.46 bits per heavy atom. The first-order valence-electron chi connectivity index (χ1n) is 8.52. The van der Waals surface area contributed by atoms with Crippen molar-refractivity contribution in [1.29, 1.82) is 0 Å². The van der Waals surface area contributed by atoms with E-state index in [-0.39, 0.29) is 17.9 Å².